The fourth-order valence-corrected chi connectivity index (χ4v) is 2.87. The molecule has 0 atom stereocenters. The van der Waals surface area contributed by atoms with E-state index in [0.717, 1.165) is 28.8 Å². The van der Waals surface area contributed by atoms with Crippen molar-refractivity contribution in [3.63, 3.8) is 0 Å². The lowest BCUT2D eigenvalue weighted by atomic mass is 9.95. The van der Waals surface area contributed by atoms with E-state index < -0.39 is 0 Å². The Morgan fingerprint density at radius 3 is 2.32 bits per heavy atom. The highest BCUT2D eigenvalue weighted by Gasteiger charge is 2.15. The van der Waals surface area contributed by atoms with E-state index in [9.17, 15) is 10.1 Å². The number of aryl methyl sites for hydroxylation is 1. The van der Waals surface area contributed by atoms with Crippen molar-refractivity contribution >= 4 is 11.6 Å². The third kappa shape index (κ3) is 3.44. The zero-order valence-electron chi connectivity index (χ0n) is 14.0. The van der Waals surface area contributed by atoms with Crippen LogP contribution in [0.25, 0.3) is 11.1 Å². The van der Waals surface area contributed by atoms with E-state index in [0.29, 0.717) is 11.1 Å². The van der Waals surface area contributed by atoms with Gasteiger partial charge in [-0.25, -0.2) is 0 Å². The number of benzene rings is 3. The summed E-state index contributed by atoms with van der Waals surface area (Å²) in [7, 11) is 0. The predicted octanol–water partition coefficient (Wildman–Crippen LogP) is 5.04. The Hall–Kier alpha value is -3.38. The molecule has 122 valence electrons. The number of amides is 1. The minimum atomic E-state index is -0.177. The van der Waals surface area contributed by atoms with Gasteiger partial charge in [0.2, 0.25) is 0 Å². The number of carbonyl (C=O) groups excluding carboxylic acids is 1. The molecular weight excluding hydrogens is 308 g/mol. The van der Waals surface area contributed by atoms with Crippen LogP contribution in [0.3, 0.4) is 0 Å². The molecule has 1 N–H and O–H groups in total. The first-order valence-electron chi connectivity index (χ1n) is 8.22. The van der Waals surface area contributed by atoms with Gasteiger partial charge in [-0.15, -0.1) is 0 Å². The molecular formula is C22H18N2O. The Balaban J connectivity index is 2.01. The summed E-state index contributed by atoms with van der Waals surface area (Å²) in [4.78, 5) is 12.9. The fraction of sp³-hybridized carbons (Fsp3) is 0.0909. The summed E-state index contributed by atoms with van der Waals surface area (Å²) in [5.74, 6) is -0.177. The second-order valence-corrected chi connectivity index (χ2v) is 5.67. The second-order valence-electron chi connectivity index (χ2n) is 5.67. The third-order valence-electron chi connectivity index (χ3n) is 4.16. The molecule has 0 saturated heterocycles. The Kier molecular flexibility index (Phi) is 4.92. The van der Waals surface area contributed by atoms with Gasteiger partial charge in [-0.05, 0) is 35.7 Å². The number of hydrogen-bond donors (Lipinski definition) is 1. The van der Waals surface area contributed by atoms with E-state index in [1.165, 1.54) is 0 Å². The van der Waals surface area contributed by atoms with Crippen LogP contribution >= 0.6 is 0 Å². The summed E-state index contributed by atoms with van der Waals surface area (Å²) in [6.45, 7) is 2.06. The third-order valence-corrected chi connectivity index (χ3v) is 4.16. The minimum Gasteiger partial charge on any atom is -0.322 e. The summed E-state index contributed by atoms with van der Waals surface area (Å²) in [6, 6.07) is 24.7. The van der Waals surface area contributed by atoms with Crippen molar-refractivity contribution in [1.82, 2.24) is 0 Å². The average Bonchev–Trinajstić information content (AvgIpc) is 2.68. The van der Waals surface area contributed by atoms with E-state index in [4.69, 9.17) is 0 Å². The quantitative estimate of drug-likeness (QED) is 0.730. The molecule has 0 heterocycles. The van der Waals surface area contributed by atoms with E-state index in [-0.39, 0.29) is 5.91 Å². The molecule has 0 bridgehead atoms. The number of hydrogen-bond acceptors (Lipinski definition) is 2. The topological polar surface area (TPSA) is 52.9 Å². The molecule has 0 fully saturated rings. The molecule has 1 amide bonds. The van der Waals surface area contributed by atoms with Gasteiger partial charge in [0, 0.05) is 16.8 Å². The van der Waals surface area contributed by atoms with Crippen molar-refractivity contribution in [2.45, 2.75) is 13.3 Å². The first kappa shape index (κ1) is 16.5. The van der Waals surface area contributed by atoms with Gasteiger partial charge in [-0.3, -0.25) is 4.79 Å². The van der Waals surface area contributed by atoms with Crippen LogP contribution < -0.4 is 5.32 Å². The van der Waals surface area contributed by atoms with E-state index in [1.54, 1.807) is 12.1 Å². The minimum absolute atomic E-state index is 0.177. The van der Waals surface area contributed by atoms with Crippen LogP contribution in [0.4, 0.5) is 5.69 Å². The van der Waals surface area contributed by atoms with E-state index >= 15 is 0 Å². The lowest BCUT2D eigenvalue weighted by Gasteiger charge is -2.13. The van der Waals surface area contributed by atoms with E-state index in [1.807, 2.05) is 60.7 Å². The number of carbonyl (C=O) groups is 1. The van der Waals surface area contributed by atoms with Crippen molar-refractivity contribution in [1.29, 1.82) is 5.26 Å². The van der Waals surface area contributed by atoms with Gasteiger partial charge in [0.05, 0.1) is 11.6 Å². The fourth-order valence-electron chi connectivity index (χ4n) is 2.87. The molecule has 0 saturated carbocycles. The number of nitriles is 1. The normalized spacial score (nSPS) is 10.1. The van der Waals surface area contributed by atoms with Gasteiger partial charge in [-0.1, -0.05) is 61.5 Å². The molecule has 3 aromatic carbocycles. The number of rotatable bonds is 4. The number of nitrogens with zero attached hydrogens (tertiary/aromatic N) is 1. The van der Waals surface area contributed by atoms with E-state index in [2.05, 4.69) is 18.3 Å². The Morgan fingerprint density at radius 1 is 0.920 bits per heavy atom. The predicted molar refractivity (Wildman–Crippen MR) is 100 cm³/mol. The monoisotopic (exact) mass is 326 g/mol. The molecule has 0 spiro atoms. The van der Waals surface area contributed by atoms with Crippen molar-refractivity contribution in [2.24, 2.45) is 0 Å². The van der Waals surface area contributed by atoms with Crippen molar-refractivity contribution in [3.05, 3.63) is 89.5 Å². The maximum atomic E-state index is 12.9. The molecule has 3 nitrogen and oxygen atoms in total. The highest BCUT2D eigenvalue weighted by Crippen LogP contribution is 2.28. The largest absolute Gasteiger partial charge is 0.322 e. The first-order valence-corrected chi connectivity index (χ1v) is 8.22. The first-order chi connectivity index (χ1) is 12.2. The van der Waals surface area contributed by atoms with Crippen LogP contribution in [-0.2, 0) is 6.42 Å². The van der Waals surface area contributed by atoms with Gasteiger partial charge in [0.25, 0.3) is 5.91 Å². The number of nitrogens with one attached hydrogen (secondary N) is 1. The Labute approximate surface area is 147 Å². The van der Waals surface area contributed by atoms with Gasteiger partial charge < -0.3 is 5.32 Å². The zero-order chi connectivity index (χ0) is 17.6. The summed E-state index contributed by atoms with van der Waals surface area (Å²) >= 11 is 0. The molecule has 25 heavy (non-hydrogen) atoms. The second kappa shape index (κ2) is 7.46. The van der Waals surface area contributed by atoms with Crippen LogP contribution in [0, 0.1) is 11.3 Å². The highest BCUT2D eigenvalue weighted by atomic mass is 16.1. The van der Waals surface area contributed by atoms with Crippen LogP contribution in [0.2, 0.25) is 0 Å². The smallest absolute Gasteiger partial charge is 0.256 e. The molecule has 0 radical (unpaired) electrons. The molecule has 0 aliphatic rings. The van der Waals surface area contributed by atoms with Crippen LogP contribution in [0.15, 0.2) is 72.8 Å². The molecule has 0 aliphatic carbocycles. The van der Waals surface area contributed by atoms with Crippen LogP contribution in [-0.4, -0.2) is 5.91 Å². The molecule has 0 aromatic heterocycles. The van der Waals surface area contributed by atoms with Crippen LogP contribution in [0.5, 0.6) is 0 Å². The number of anilines is 1. The van der Waals surface area contributed by atoms with Gasteiger partial charge >= 0.3 is 0 Å². The van der Waals surface area contributed by atoms with Gasteiger partial charge in [-0.2, -0.15) is 5.26 Å². The molecule has 3 rings (SSSR count). The molecule has 3 aromatic rings. The SMILES string of the molecule is CCc1ccccc1NC(=O)c1ccccc1-c1ccccc1C#N. The summed E-state index contributed by atoms with van der Waals surface area (Å²) < 4.78 is 0. The molecule has 3 heteroatoms. The van der Waals surface area contributed by atoms with Crippen molar-refractivity contribution < 1.29 is 4.79 Å². The molecule has 0 aliphatic heterocycles. The summed E-state index contributed by atoms with van der Waals surface area (Å²) in [6.07, 6.45) is 0.843. The standard InChI is InChI=1S/C22H18N2O/c1-2-16-9-4-8-14-21(16)24-22(25)20-13-7-6-12-19(20)18-11-5-3-10-17(18)15-23/h3-14H,2H2,1H3,(H,24,25). The summed E-state index contributed by atoms with van der Waals surface area (Å²) in [5, 5.41) is 12.4. The van der Waals surface area contributed by atoms with Crippen molar-refractivity contribution in [3.8, 4) is 17.2 Å². The lowest BCUT2D eigenvalue weighted by Crippen LogP contribution is -2.14. The average molecular weight is 326 g/mol. The van der Waals surface area contributed by atoms with Crippen molar-refractivity contribution in [2.75, 3.05) is 5.32 Å². The number of para-hydroxylation sites is 1. The maximum absolute atomic E-state index is 12.9. The maximum Gasteiger partial charge on any atom is 0.256 e. The van der Waals surface area contributed by atoms with Crippen LogP contribution in [0.1, 0.15) is 28.4 Å². The highest BCUT2D eigenvalue weighted by molar-refractivity contribution is 6.09. The Bertz CT molecular complexity index is 954. The van der Waals surface area contributed by atoms with Gasteiger partial charge in [0.15, 0.2) is 0 Å². The molecule has 0 unspecified atom stereocenters. The zero-order valence-corrected chi connectivity index (χ0v) is 14.0. The van der Waals surface area contributed by atoms with Gasteiger partial charge in [0.1, 0.15) is 0 Å². The summed E-state index contributed by atoms with van der Waals surface area (Å²) in [5.41, 5.74) is 4.53. The lowest BCUT2D eigenvalue weighted by molar-refractivity contribution is 0.102. The Morgan fingerprint density at radius 2 is 1.56 bits per heavy atom.